The van der Waals surface area contributed by atoms with E-state index in [1.165, 1.54) is 6.07 Å². The van der Waals surface area contributed by atoms with Crippen molar-refractivity contribution in [1.82, 2.24) is 10.3 Å². The van der Waals surface area contributed by atoms with Crippen LogP contribution in [0.4, 0.5) is 4.39 Å². The minimum Gasteiger partial charge on any atom is -0.381 e. The molecule has 1 aromatic carbocycles. The normalized spacial score (nSPS) is 12.6. The summed E-state index contributed by atoms with van der Waals surface area (Å²) in [5.74, 6) is -0.436. The van der Waals surface area contributed by atoms with Gasteiger partial charge in [-0.05, 0) is 62.6 Å². The van der Waals surface area contributed by atoms with Crippen LogP contribution in [-0.4, -0.2) is 11.7 Å². The molecule has 0 radical (unpaired) electrons. The largest absolute Gasteiger partial charge is 0.381 e. The second kappa shape index (κ2) is 10.5. The molecule has 27 heavy (non-hydrogen) atoms. The second-order valence-corrected chi connectivity index (χ2v) is 6.40. The highest BCUT2D eigenvalue weighted by Crippen LogP contribution is 2.23. The molecule has 3 nitrogen and oxygen atoms in total. The van der Waals surface area contributed by atoms with Gasteiger partial charge in [-0.25, -0.2) is 9.40 Å². The predicted molar refractivity (Wildman–Crippen MR) is 115 cm³/mol. The SMILES string of the molecule is C=NN(/C(C)=C\C)/C(=C\C(=C)C(=C)NCc1ccc(F)c(Cl)c1)C(C)=CC. The fourth-order valence-electron chi connectivity index (χ4n) is 2.21. The molecule has 0 fully saturated rings. The highest BCUT2D eigenvalue weighted by molar-refractivity contribution is 6.30. The van der Waals surface area contributed by atoms with Gasteiger partial charge in [-0.15, -0.1) is 0 Å². The molecule has 144 valence electrons. The maximum Gasteiger partial charge on any atom is 0.141 e. The molecule has 0 aromatic heterocycles. The highest BCUT2D eigenvalue weighted by atomic mass is 35.5. The van der Waals surface area contributed by atoms with E-state index >= 15 is 0 Å². The quantitative estimate of drug-likeness (QED) is 0.304. The molecule has 0 atom stereocenters. The van der Waals surface area contributed by atoms with Crippen LogP contribution in [0.15, 0.2) is 82.9 Å². The van der Waals surface area contributed by atoms with Gasteiger partial charge in [0.25, 0.3) is 0 Å². The van der Waals surface area contributed by atoms with Crippen LogP contribution in [0.1, 0.15) is 33.3 Å². The third kappa shape index (κ3) is 6.26. The number of hydrogen-bond donors (Lipinski definition) is 1. The third-order valence-electron chi connectivity index (χ3n) is 4.15. The van der Waals surface area contributed by atoms with Crippen LogP contribution in [0.25, 0.3) is 0 Å². The molecule has 1 aromatic rings. The van der Waals surface area contributed by atoms with E-state index in [4.69, 9.17) is 11.6 Å². The monoisotopic (exact) mass is 387 g/mol. The fraction of sp³-hybridized carbons (Fsp3) is 0.227. The summed E-state index contributed by atoms with van der Waals surface area (Å²) in [7, 11) is 0. The lowest BCUT2D eigenvalue weighted by Crippen LogP contribution is -2.17. The number of benzene rings is 1. The number of rotatable bonds is 9. The van der Waals surface area contributed by atoms with Crippen molar-refractivity contribution in [2.45, 2.75) is 34.2 Å². The van der Waals surface area contributed by atoms with Crippen LogP contribution < -0.4 is 5.32 Å². The number of nitrogens with zero attached hydrogens (tertiary/aromatic N) is 2. The molecule has 0 aliphatic carbocycles. The van der Waals surface area contributed by atoms with E-state index in [0.29, 0.717) is 17.8 Å². The number of nitrogens with one attached hydrogen (secondary N) is 1. The first-order valence-corrected chi connectivity index (χ1v) is 8.93. The molecule has 1 rings (SSSR count). The van der Waals surface area contributed by atoms with Gasteiger partial charge in [-0.2, -0.15) is 5.10 Å². The van der Waals surface area contributed by atoms with E-state index in [0.717, 1.165) is 22.5 Å². The molecule has 0 saturated carbocycles. The summed E-state index contributed by atoms with van der Waals surface area (Å²) < 4.78 is 13.3. The third-order valence-corrected chi connectivity index (χ3v) is 4.44. The molecule has 0 bridgehead atoms. The fourth-order valence-corrected chi connectivity index (χ4v) is 2.42. The Balaban J connectivity index is 2.99. The molecule has 5 heteroatoms. The summed E-state index contributed by atoms with van der Waals surface area (Å²) in [6, 6.07) is 4.61. The Kier molecular flexibility index (Phi) is 8.76. The average molecular weight is 388 g/mol. The van der Waals surface area contributed by atoms with Crippen molar-refractivity contribution >= 4 is 18.3 Å². The molecular weight excluding hydrogens is 361 g/mol. The van der Waals surface area contributed by atoms with Crippen LogP contribution in [0.5, 0.6) is 0 Å². The molecule has 0 spiro atoms. The van der Waals surface area contributed by atoms with E-state index in [9.17, 15) is 4.39 Å². The van der Waals surface area contributed by atoms with E-state index in [1.54, 1.807) is 17.1 Å². The second-order valence-electron chi connectivity index (χ2n) is 5.99. The molecule has 0 amide bonds. The lowest BCUT2D eigenvalue weighted by Gasteiger charge is -2.24. The van der Waals surface area contributed by atoms with E-state index in [2.05, 4.69) is 30.3 Å². The Morgan fingerprint density at radius 2 is 1.93 bits per heavy atom. The predicted octanol–water partition coefficient (Wildman–Crippen LogP) is 6.33. The van der Waals surface area contributed by atoms with Gasteiger partial charge in [0, 0.05) is 24.7 Å². The standard InChI is InChI=1S/C22H27ClFN3/c1-8-15(3)22(27(25-7)17(5)9-2)12-16(4)18(6)26-14-19-10-11-21(24)20(23)13-19/h8-13,26H,4,6-7,14H2,1-3,5H3/b15-8?,17-9-,22-12-. The number of allylic oxidation sites excluding steroid dienone is 5. The molecule has 0 aliphatic heterocycles. The molecule has 0 saturated heterocycles. The van der Waals surface area contributed by atoms with Crippen molar-refractivity contribution in [2.75, 3.05) is 0 Å². The van der Waals surface area contributed by atoms with E-state index < -0.39 is 5.82 Å². The summed E-state index contributed by atoms with van der Waals surface area (Å²) in [6.07, 6.45) is 5.86. The van der Waals surface area contributed by atoms with Crippen molar-refractivity contribution in [1.29, 1.82) is 0 Å². The first kappa shape index (κ1) is 22.5. The number of hydrogen-bond acceptors (Lipinski definition) is 3. The maximum absolute atomic E-state index is 13.3. The van der Waals surface area contributed by atoms with Crippen LogP contribution in [0.3, 0.4) is 0 Å². The first-order chi connectivity index (χ1) is 12.7. The summed E-state index contributed by atoms with van der Waals surface area (Å²) >= 11 is 5.82. The lowest BCUT2D eigenvalue weighted by atomic mass is 10.1. The molecular formula is C22H27ClFN3. The Hall–Kier alpha value is -2.59. The van der Waals surface area contributed by atoms with Gasteiger partial charge < -0.3 is 5.32 Å². The Labute approximate surface area is 166 Å². The van der Waals surface area contributed by atoms with Gasteiger partial charge in [0.05, 0.1) is 10.7 Å². The van der Waals surface area contributed by atoms with Gasteiger partial charge in [0.1, 0.15) is 5.82 Å². The van der Waals surface area contributed by atoms with Crippen molar-refractivity contribution in [2.24, 2.45) is 5.10 Å². The highest BCUT2D eigenvalue weighted by Gasteiger charge is 2.12. The van der Waals surface area contributed by atoms with Crippen LogP contribution in [-0.2, 0) is 6.54 Å². The van der Waals surface area contributed by atoms with Crippen molar-refractivity contribution in [3.05, 3.63) is 94.2 Å². The molecule has 0 unspecified atom stereocenters. The van der Waals surface area contributed by atoms with Crippen molar-refractivity contribution in [3.8, 4) is 0 Å². The zero-order valence-corrected chi connectivity index (χ0v) is 17.2. The Morgan fingerprint density at radius 3 is 2.44 bits per heavy atom. The van der Waals surface area contributed by atoms with Crippen LogP contribution in [0.2, 0.25) is 5.02 Å². The zero-order chi connectivity index (χ0) is 20.6. The van der Waals surface area contributed by atoms with E-state index in [1.807, 2.05) is 45.9 Å². The van der Waals surface area contributed by atoms with E-state index in [-0.39, 0.29) is 5.02 Å². The summed E-state index contributed by atoms with van der Waals surface area (Å²) in [5.41, 5.74) is 5.05. The average Bonchev–Trinajstić information content (AvgIpc) is 2.67. The Bertz CT molecular complexity index is 819. The van der Waals surface area contributed by atoms with Gasteiger partial charge in [-0.1, -0.05) is 43.0 Å². The summed E-state index contributed by atoms with van der Waals surface area (Å²) in [4.78, 5) is 0. The molecule has 1 N–H and O–H groups in total. The van der Waals surface area contributed by atoms with Crippen molar-refractivity contribution < 1.29 is 4.39 Å². The molecule has 0 heterocycles. The minimum absolute atomic E-state index is 0.0964. The van der Waals surface area contributed by atoms with Gasteiger partial charge in [0.15, 0.2) is 0 Å². The van der Waals surface area contributed by atoms with Gasteiger partial charge >= 0.3 is 0 Å². The number of hydrazone groups is 1. The lowest BCUT2D eigenvalue weighted by molar-refractivity contribution is 0.466. The van der Waals surface area contributed by atoms with Gasteiger partial charge in [0.2, 0.25) is 0 Å². The summed E-state index contributed by atoms with van der Waals surface area (Å²) in [5, 5.41) is 9.16. The molecule has 0 aliphatic rings. The first-order valence-electron chi connectivity index (χ1n) is 8.55. The Morgan fingerprint density at radius 1 is 1.26 bits per heavy atom. The topological polar surface area (TPSA) is 27.6 Å². The smallest absolute Gasteiger partial charge is 0.141 e. The summed E-state index contributed by atoms with van der Waals surface area (Å²) in [6.45, 7) is 20.1. The van der Waals surface area contributed by atoms with Crippen LogP contribution >= 0.6 is 11.6 Å². The minimum atomic E-state index is -0.436. The van der Waals surface area contributed by atoms with Crippen molar-refractivity contribution in [3.63, 3.8) is 0 Å². The maximum atomic E-state index is 13.3. The number of halogens is 2. The van der Waals surface area contributed by atoms with Crippen LogP contribution in [0, 0.1) is 5.82 Å². The van der Waals surface area contributed by atoms with Gasteiger partial charge in [-0.3, -0.25) is 0 Å². The zero-order valence-electron chi connectivity index (χ0n) is 16.4.